The van der Waals surface area contributed by atoms with Gasteiger partial charge in [0.05, 0.1) is 6.04 Å². The van der Waals surface area contributed by atoms with Gasteiger partial charge in [-0.2, -0.15) is 0 Å². The van der Waals surface area contributed by atoms with Crippen LogP contribution in [0.25, 0.3) is 0 Å². The van der Waals surface area contributed by atoms with Gasteiger partial charge in [0, 0.05) is 31.7 Å². The first-order chi connectivity index (χ1) is 9.38. The van der Waals surface area contributed by atoms with Gasteiger partial charge in [0.15, 0.2) is 0 Å². The molecule has 4 nitrogen and oxygen atoms in total. The van der Waals surface area contributed by atoms with Crippen molar-refractivity contribution in [2.24, 2.45) is 5.73 Å². The molecule has 1 aliphatic heterocycles. The van der Waals surface area contributed by atoms with E-state index in [1.54, 1.807) is 0 Å². The molecule has 3 rings (SSSR count). The zero-order chi connectivity index (χ0) is 13.1. The minimum atomic E-state index is 0.393. The van der Waals surface area contributed by atoms with E-state index in [0.717, 1.165) is 24.3 Å². The second kappa shape index (κ2) is 5.36. The lowest BCUT2D eigenvalue weighted by Crippen LogP contribution is -2.23. The third-order valence-corrected chi connectivity index (χ3v) is 3.66. The predicted octanol–water partition coefficient (Wildman–Crippen LogP) is 2.28. The number of anilines is 1. The van der Waals surface area contributed by atoms with Crippen molar-refractivity contribution in [1.29, 1.82) is 0 Å². The highest BCUT2D eigenvalue weighted by Crippen LogP contribution is 2.34. The van der Waals surface area contributed by atoms with Gasteiger partial charge in [-0.1, -0.05) is 12.1 Å². The van der Waals surface area contributed by atoms with E-state index in [9.17, 15) is 0 Å². The Balaban J connectivity index is 1.86. The fourth-order valence-corrected chi connectivity index (χ4v) is 2.67. The van der Waals surface area contributed by atoms with Crippen molar-refractivity contribution in [3.8, 4) is 0 Å². The molecule has 0 amide bonds. The summed E-state index contributed by atoms with van der Waals surface area (Å²) in [4.78, 5) is 11.1. The summed E-state index contributed by atoms with van der Waals surface area (Å²) >= 11 is 0. The maximum atomic E-state index is 5.61. The lowest BCUT2D eigenvalue weighted by atomic mass is 10.1. The van der Waals surface area contributed by atoms with Gasteiger partial charge in [0.25, 0.3) is 0 Å². The second-order valence-electron chi connectivity index (χ2n) is 4.87. The Labute approximate surface area is 113 Å². The highest BCUT2D eigenvalue weighted by atomic mass is 15.2. The average molecular weight is 254 g/mol. The van der Waals surface area contributed by atoms with E-state index in [1.807, 2.05) is 24.7 Å². The molecule has 3 heterocycles. The lowest BCUT2D eigenvalue weighted by Gasteiger charge is -2.25. The van der Waals surface area contributed by atoms with Gasteiger partial charge in [-0.3, -0.25) is 4.98 Å². The van der Waals surface area contributed by atoms with E-state index in [4.69, 9.17) is 5.73 Å². The van der Waals surface area contributed by atoms with Gasteiger partial charge in [-0.25, -0.2) is 4.98 Å². The molecule has 0 radical (unpaired) electrons. The summed E-state index contributed by atoms with van der Waals surface area (Å²) in [5.41, 5.74) is 7.95. The van der Waals surface area contributed by atoms with Crippen molar-refractivity contribution in [3.05, 3.63) is 54.0 Å². The average Bonchev–Trinajstić information content (AvgIpc) is 2.98. The first-order valence-corrected chi connectivity index (χ1v) is 6.70. The standard InChI is InChI=1S/C15H18N4/c16-9-12-5-6-15(18-10-12)19-8-2-4-14(19)13-3-1-7-17-11-13/h1,3,5-7,10-11,14H,2,4,8-9,16H2/t14-/m0/s1. The molecule has 0 aromatic carbocycles. The lowest BCUT2D eigenvalue weighted by molar-refractivity contribution is 0.707. The molecule has 4 heteroatoms. The Hall–Kier alpha value is -1.94. The fraction of sp³-hybridized carbons (Fsp3) is 0.333. The first kappa shape index (κ1) is 12.1. The van der Waals surface area contributed by atoms with E-state index in [0.29, 0.717) is 12.6 Å². The van der Waals surface area contributed by atoms with Crippen molar-refractivity contribution in [2.45, 2.75) is 25.4 Å². The van der Waals surface area contributed by atoms with Crippen LogP contribution >= 0.6 is 0 Å². The molecule has 0 saturated carbocycles. The fourth-order valence-electron chi connectivity index (χ4n) is 2.67. The maximum Gasteiger partial charge on any atom is 0.128 e. The number of aromatic nitrogens is 2. The Kier molecular flexibility index (Phi) is 3.42. The number of nitrogens with zero attached hydrogens (tertiary/aromatic N) is 3. The summed E-state index contributed by atoms with van der Waals surface area (Å²) in [7, 11) is 0. The zero-order valence-corrected chi connectivity index (χ0v) is 10.9. The maximum absolute atomic E-state index is 5.61. The van der Waals surface area contributed by atoms with Crippen molar-refractivity contribution in [2.75, 3.05) is 11.4 Å². The number of nitrogens with two attached hydrogens (primary N) is 1. The summed E-state index contributed by atoms with van der Waals surface area (Å²) in [6.07, 6.45) is 7.99. The normalized spacial score (nSPS) is 18.8. The number of hydrogen-bond donors (Lipinski definition) is 1. The van der Waals surface area contributed by atoms with E-state index in [1.165, 1.54) is 12.0 Å². The van der Waals surface area contributed by atoms with E-state index < -0.39 is 0 Å². The Morgan fingerprint density at radius 2 is 2.21 bits per heavy atom. The van der Waals surface area contributed by atoms with E-state index in [2.05, 4.69) is 33.1 Å². The molecule has 0 unspecified atom stereocenters. The SMILES string of the molecule is NCc1ccc(N2CCC[C@H]2c2cccnc2)nc1. The third-order valence-electron chi connectivity index (χ3n) is 3.66. The minimum absolute atomic E-state index is 0.393. The van der Waals surface area contributed by atoms with Crippen LogP contribution in [0.5, 0.6) is 0 Å². The number of rotatable bonds is 3. The topological polar surface area (TPSA) is 55.0 Å². The molecule has 0 bridgehead atoms. The molecule has 2 N–H and O–H groups in total. The Bertz CT molecular complexity index is 524. The van der Waals surface area contributed by atoms with Crippen LogP contribution in [0.15, 0.2) is 42.9 Å². The molecule has 0 spiro atoms. The van der Waals surface area contributed by atoms with Crippen LogP contribution in [0.1, 0.15) is 30.0 Å². The first-order valence-electron chi connectivity index (χ1n) is 6.70. The van der Waals surface area contributed by atoms with Gasteiger partial charge in [0.1, 0.15) is 5.82 Å². The Morgan fingerprint density at radius 1 is 1.26 bits per heavy atom. The molecule has 0 aliphatic carbocycles. The molecule has 1 aliphatic rings. The molecule has 19 heavy (non-hydrogen) atoms. The molecule has 2 aromatic rings. The van der Waals surface area contributed by atoms with E-state index >= 15 is 0 Å². The van der Waals surface area contributed by atoms with E-state index in [-0.39, 0.29) is 0 Å². The number of pyridine rings is 2. The molecule has 1 fully saturated rings. The summed E-state index contributed by atoms with van der Waals surface area (Å²) in [5, 5.41) is 0. The largest absolute Gasteiger partial charge is 0.350 e. The van der Waals surface area contributed by atoms with Crippen LogP contribution in [0.2, 0.25) is 0 Å². The van der Waals surface area contributed by atoms with Crippen molar-refractivity contribution < 1.29 is 0 Å². The summed E-state index contributed by atoms with van der Waals surface area (Å²) in [5.74, 6) is 1.03. The molecule has 1 atom stereocenters. The van der Waals surface area contributed by atoms with Crippen molar-refractivity contribution >= 4 is 5.82 Å². The van der Waals surface area contributed by atoms with Crippen LogP contribution in [-0.2, 0) is 6.54 Å². The summed E-state index contributed by atoms with van der Waals surface area (Å²) < 4.78 is 0. The number of hydrogen-bond acceptors (Lipinski definition) is 4. The second-order valence-corrected chi connectivity index (χ2v) is 4.87. The van der Waals surface area contributed by atoms with Gasteiger partial charge in [0.2, 0.25) is 0 Å². The predicted molar refractivity (Wildman–Crippen MR) is 75.7 cm³/mol. The minimum Gasteiger partial charge on any atom is -0.350 e. The molecular weight excluding hydrogens is 236 g/mol. The highest BCUT2D eigenvalue weighted by Gasteiger charge is 2.26. The molecule has 2 aromatic heterocycles. The third kappa shape index (κ3) is 2.44. The van der Waals surface area contributed by atoms with Gasteiger partial charge < -0.3 is 10.6 Å². The smallest absolute Gasteiger partial charge is 0.128 e. The van der Waals surface area contributed by atoms with Gasteiger partial charge in [-0.15, -0.1) is 0 Å². The van der Waals surface area contributed by atoms with Gasteiger partial charge >= 0.3 is 0 Å². The van der Waals surface area contributed by atoms with Crippen LogP contribution in [-0.4, -0.2) is 16.5 Å². The highest BCUT2D eigenvalue weighted by molar-refractivity contribution is 5.44. The Morgan fingerprint density at radius 3 is 2.89 bits per heavy atom. The quantitative estimate of drug-likeness (QED) is 0.913. The molecule has 1 saturated heterocycles. The molecular formula is C15H18N4. The summed E-state index contributed by atoms with van der Waals surface area (Å²) in [6.45, 7) is 1.59. The van der Waals surface area contributed by atoms with Crippen molar-refractivity contribution in [1.82, 2.24) is 9.97 Å². The monoisotopic (exact) mass is 254 g/mol. The van der Waals surface area contributed by atoms with Gasteiger partial charge in [-0.05, 0) is 36.1 Å². The van der Waals surface area contributed by atoms with Crippen molar-refractivity contribution in [3.63, 3.8) is 0 Å². The summed E-state index contributed by atoms with van der Waals surface area (Å²) in [6, 6.07) is 8.66. The molecule has 98 valence electrons. The van der Waals surface area contributed by atoms with Crippen LogP contribution in [0, 0.1) is 0 Å². The van der Waals surface area contributed by atoms with Crippen LogP contribution in [0.3, 0.4) is 0 Å². The zero-order valence-electron chi connectivity index (χ0n) is 10.9. The van der Waals surface area contributed by atoms with Crippen LogP contribution in [0.4, 0.5) is 5.82 Å². The van der Waals surface area contributed by atoms with Crippen LogP contribution < -0.4 is 10.6 Å².